The molecule has 2 N–H and O–H groups in total. The molecular formula is C21H27N3O2. The smallest absolute Gasteiger partial charge is 0.314 e. The molecule has 138 valence electrons. The second kappa shape index (κ2) is 8.52. The van der Waals surface area contributed by atoms with Crippen LogP contribution in [0.25, 0.3) is 0 Å². The lowest BCUT2D eigenvalue weighted by atomic mass is 10.1. The Kier molecular flexibility index (Phi) is 6.39. The molecule has 0 saturated heterocycles. The summed E-state index contributed by atoms with van der Waals surface area (Å²) >= 11 is 0. The highest BCUT2D eigenvalue weighted by Crippen LogP contribution is 2.23. The van der Waals surface area contributed by atoms with Gasteiger partial charge in [0.1, 0.15) is 0 Å². The van der Waals surface area contributed by atoms with Crippen molar-refractivity contribution in [2.45, 2.75) is 34.6 Å². The first-order valence-electron chi connectivity index (χ1n) is 8.91. The third kappa shape index (κ3) is 4.42. The minimum absolute atomic E-state index is 0.641. The Hall–Kier alpha value is -2.82. The summed E-state index contributed by atoms with van der Waals surface area (Å²) < 4.78 is 0. The topological polar surface area (TPSA) is 61.4 Å². The van der Waals surface area contributed by atoms with Gasteiger partial charge in [-0.15, -0.1) is 0 Å². The lowest BCUT2D eigenvalue weighted by Crippen LogP contribution is -2.29. The van der Waals surface area contributed by atoms with Gasteiger partial charge in [0.15, 0.2) is 0 Å². The number of carbonyl (C=O) groups is 2. The van der Waals surface area contributed by atoms with Crippen LogP contribution in [-0.2, 0) is 9.59 Å². The molecule has 2 amide bonds. The Labute approximate surface area is 155 Å². The first kappa shape index (κ1) is 19.5. The first-order valence-corrected chi connectivity index (χ1v) is 8.91. The molecule has 0 saturated carbocycles. The molecule has 5 nitrogen and oxygen atoms in total. The Morgan fingerprint density at radius 1 is 0.846 bits per heavy atom. The minimum Gasteiger partial charge on any atom is -0.372 e. The lowest BCUT2D eigenvalue weighted by Gasteiger charge is -2.22. The Morgan fingerprint density at radius 2 is 1.46 bits per heavy atom. The zero-order chi connectivity index (χ0) is 19.3. The van der Waals surface area contributed by atoms with Crippen LogP contribution in [0.1, 0.15) is 30.5 Å². The Morgan fingerprint density at radius 3 is 2.04 bits per heavy atom. The van der Waals surface area contributed by atoms with E-state index in [4.69, 9.17) is 0 Å². The first-order chi connectivity index (χ1) is 12.4. The van der Waals surface area contributed by atoms with Gasteiger partial charge in [0.2, 0.25) is 0 Å². The monoisotopic (exact) mass is 353 g/mol. The molecule has 26 heavy (non-hydrogen) atoms. The van der Waals surface area contributed by atoms with E-state index < -0.39 is 11.8 Å². The molecule has 2 rings (SSSR count). The second-order valence-electron chi connectivity index (χ2n) is 6.33. The maximum Gasteiger partial charge on any atom is 0.314 e. The normalized spacial score (nSPS) is 10.3. The third-order valence-electron chi connectivity index (χ3n) is 4.65. The molecule has 0 radical (unpaired) electrons. The van der Waals surface area contributed by atoms with Gasteiger partial charge in [-0.2, -0.15) is 0 Å². The van der Waals surface area contributed by atoms with E-state index in [1.54, 1.807) is 6.07 Å². The van der Waals surface area contributed by atoms with Gasteiger partial charge >= 0.3 is 11.8 Å². The van der Waals surface area contributed by atoms with Crippen molar-refractivity contribution in [3.63, 3.8) is 0 Å². The van der Waals surface area contributed by atoms with Crippen LogP contribution in [-0.4, -0.2) is 24.9 Å². The van der Waals surface area contributed by atoms with Crippen molar-refractivity contribution in [1.82, 2.24) is 0 Å². The van der Waals surface area contributed by atoms with Crippen molar-refractivity contribution in [2.24, 2.45) is 0 Å². The van der Waals surface area contributed by atoms with Crippen molar-refractivity contribution < 1.29 is 9.59 Å². The average molecular weight is 353 g/mol. The molecule has 0 heterocycles. The molecule has 0 aromatic heterocycles. The number of nitrogens with one attached hydrogen (secondary N) is 2. The highest BCUT2D eigenvalue weighted by Gasteiger charge is 2.16. The number of benzene rings is 2. The highest BCUT2D eigenvalue weighted by molar-refractivity contribution is 6.43. The van der Waals surface area contributed by atoms with Crippen LogP contribution in [0.4, 0.5) is 17.1 Å². The van der Waals surface area contributed by atoms with Crippen LogP contribution in [0.2, 0.25) is 0 Å². The number of anilines is 3. The maximum atomic E-state index is 12.3. The van der Waals surface area contributed by atoms with Gasteiger partial charge in [-0.1, -0.05) is 12.1 Å². The van der Waals surface area contributed by atoms with E-state index in [1.807, 2.05) is 51.1 Å². The predicted octanol–water partition coefficient (Wildman–Crippen LogP) is 4.04. The number of hydrogen-bond acceptors (Lipinski definition) is 3. The van der Waals surface area contributed by atoms with Crippen LogP contribution >= 0.6 is 0 Å². The second-order valence-corrected chi connectivity index (χ2v) is 6.33. The van der Waals surface area contributed by atoms with E-state index in [0.29, 0.717) is 11.4 Å². The molecule has 0 fully saturated rings. The fraction of sp³-hybridized carbons (Fsp3) is 0.333. The number of carbonyl (C=O) groups excluding carboxylic acids is 2. The van der Waals surface area contributed by atoms with Gasteiger partial charge in [0, 0.05) is 30.2 Å². The van der Waals surface area contributed by atoms with E-state index >= 15 is 0 Å². The molecule has 0 spiro atoms. The summed E-state index contributed by atoms with van der Waals surface area (Å²) in [7, 11) is 0. The SMILES string of the molecule is CCN(CC)c1ccc(NC(=O)C(=O)Nc2cccc(C)c2C)c(C)c1. The predicted molar refractivity (Wildman–Crippen MR) is 108 cm³/mol. The molecule has 0 aliphatic rings. The van der Waals surface area contributed by atoms with Crippen LogP contribution in [0.3, 0.4) is 0 Å². The molecule has 0 atom stereocenters. The average Bonchev–Trinajstić information content (AvgIpc) is 2.62. The van der Waals surface area contributed by atoms with E-state index in [1.165, 1.54) is 0 Å². The van der Waals surface area contributed by atoms with Crippen molar-refractivity contribution >= 4 is 28.9 Å². The Bertz CT molecular complexity index is 811. The van der Waals surface area contributed by atoms with Crippen LogP contribution in [0.5, 0.6) is 0 Å². The largest absolute Gasteiger partial charge is 0.372 e. The van der Waals surface area contributed by atoms with Gasteiger partial charge in [-0.3, -0.25) is 9.59 Å². The molecule has 2 aromatic rings. The number of aryl methyl sites for hydroxylation is 2. The summed E-state index contributed by atoms with van der Waals surface area (Å²) in [5.41, 5.74) is 5.33. The minimum atomic E-state index is -0.676. The van der Waals surface area contributed by atoms with Crippen molar-refractivity contribution in [2.75, 3.05) is 28.6 Å². The van der Waals surface area contributed by atoms with Crippen LogP contribution in [0, 0.1) is 20.8 Å². The third-order valence-corrected chi connectivity index (χ3v) is 4.65. The van der Waals surface area contributed by atoms with E-state index in [9.17, 15) is 9.59 Å². The lowest BCUT2D eigenvalue weighted by molar-refractivity contribution is -0.133. The molecule has 0 aliphatic heterocycles. The summed E-state index contributed by atoms with van der Waals surface area (Å²) in [5, 5.41) is 5.38. The zero-order valence-corrected chi connectivity index (χ0v) is 16.1. The van der Waals surface area contributed by atoms with Crippen molar-refractivity contribution in [3.05, 3.63) is 53.1 Å². The molecule has 0 unspecified atom stereocenters. The standard InChI is InChI=1S/C21H27N3O2/c1-6-24(7-2)17-11-12-18(15(4)13-17)22-20(25)21(26)23-19-10-8-9-14(3)16(19)5/h8-13H,6-7H2,1-5H3,(H,22,25)(H,23,26). The van der Waals surface area contributed by atoms with Crippen molar-refractivity contribution in [1.29, 1.82) is 0 Å². The number of nitrogens with zero attached hydrogens (tertiary/aromatic N) is 1. The fourth-order valence-corrected chi connectivity index (χ4v) is 2.82. The molecule has 0 aliphatic carbocycles. The zero-order valence-electron chi connectivity index (χ0n) is 16.1. The van der Waals surface area contributed by atoms with Crippen LogP contribution in [0.15, 0.2) is 36.4 Å². The van der Waals surface area contributed by atoms with Crippen molar-refractivity contribution in [3.8, 4) is 0 Å². The fourth-order valence-electron chi connectivity index (χ4n) is 2.82. The van der Waals surface area contributed by atoms with E-state index in [2.05, 4.69) is 29.4 Å². The highest BCUT2D eigenvalue weighted by atomic mass is 16.2. The summed E-state index contributed by atoms with van der Waals surface area (Å²) in [6.07, 6.45) is 0. The van der Waals surface area contributed by atoms with E-state index in [0.717, 1.165) is 35.5 Å². The number of hydrogen-bond donors (Lipinski definition) is 2. The molecular weight excluding hydrogens is 326 g/mol. The maximum absolute atomic E-state index is 12.3. The molecule has 2 aromatic carbocycles. The van der Waals surface area contributed by atoms with Gasteiger partial charge in [0.05, 0.1) is 0 Å². The summed E-state index contributed by atoms with van der Waals surface area (Å²) in [6.45, 7) is 11.8. The van der Waals surface area contributed by atoms with Crippen LogP contribution < -0.4 is 15.5 Å². The molecule has 0 bridgehead atoms. The summed E-state index contributed by atoms with van der Waals surface area (Å²) in [4.78, 5) is 26.7. The van der Waals surface area contributed by atoms with E-state index in [-0.39, 0.29) is 0 Å². The quantitative estimate of drug-likeness (QED) is 0.798. The van der Waals surface area contributed by atoms with Gasteiger partial charge in [0.25, 0.3) is 0 Å². The van der Waals surface area contributed by atoms with Gasteiger partial charge < -0.3 is 15.5 Å². The molecule has 5 heteroatoms. The summed E-state index contributed by atoms with van der Waals surface area (Å²) in [6, 6.07) is 11.4. The van der Waals surface area contributed by atoms with Gasteiger partial charge in [-0.05, 0) is 75.6 Å². The Balaban J connectivity index is 2.09. The number of amides is 2. The van der Waals surface area contributed by atoms with Gasteiger partial charge in [-0.25, -0.2) is 0 Å². The number of rotatable bonds is 5. The summed E-state index contributed by atoms with van der Waals surface area (Å²) in [5.74, 6) is -1.35.